The molecule has 0 fully saturated rings. The van der Waals surface area contributed by atoms with Gasteiger partial charge >= 0.3 is 6.18 Å². The van der Waals surface area contributed by atoms with Gasteiger partial charge in [-0.25, -0.2) is 0 Å². The topological polar surface area (TPSA) is 56.1 Å². The Bertz CT molecular complexity index is 429. The van der Waals surface area contributed by atoms with Crippen molar-refractivity contribution in [3.63, 3.8) is 0 Å². The molecule has 1 heterocycles. The first kappa shape index (κ1) is 15.5. The lowest BCUT2D eigenvalue weighted by Crippen LogP contribution is -2.25. The second kappa shape index (κ2) is 6.55. The van der Waals surface area contributed by atoms with E-state index in [2.05, 4.69) is 10.4 Å². The summed E-state index contributed by atoms with van der Waals surface area (Å²) in [4.78, 5) is 11.6. The number of alkyl halides is 3. The highest BCUT2D eigenvalue weighted by molar-refractivity contribution is 5.92. The van der Waals surface area contributed by atoms with Crippen LogP contribution in [-0.4, -0.2) is 35.4 Å². The second-order valence-corrected chi connectivity index (χ2v) is 3.84. The van der Waals surface area contributed by atoms with Crippen LogP contribution in [-0.2, 0) is 18.0 Å². The van der Waals surface area contributed by atoms with E-state index in [0.717, 1.165) is 13.1 Å². The van der Waals surface area contributed by atoms with E-state index in [4.69, 9.17) is 4.74 Å². The van der Waals surface area contributed by atoms with Crippen LogP contribution in [0.25, 0.3) is 0 Å². The number of amides is 1. The first-order valence-electron chi connectivity index (χ1n) is 5.83. The Morgan fingerprint density at radius 3 is 2.74 bits per heavy atom. The number of carbonyl (C=O) groups excluding carboxylic acids is 1. The average Bonchev–Trinajstić information content (AvgIpc) is 2.70. The molecule has 108 valence electrons. The zero-order chi connectivity index (χ0) is 14.5. The number of carbonyl (C=O) groups is 1. The van der Waals surface area contributed by atoms with E-state index in [1.54, 1.807) is 0 Å². The van der Waals surface area contributed by atoms with Gasteiger partial charge in [-0.15, -0.1) is 0 Å². The Kier molecular flexibility index (Phi) is 5.34. The molecule has 0 aromatic carbocycles. The fourth-order valence-corrected chi connectivity index (χ4v) is 1.45. The van der Waals surface area contributed by atoms with Crippen LogP contribution < -0.4 is 5.32 Å². The molecule has 5 nitrogen and oxygen atoms in total. The maximum Gasteiger partial charge on any atom is 0.433 e. The fraction of sp³-hybridized carbons (Fsp3) is 0.636. The monoisotopic (exact) mass is 279 g/mol. The Labute approximate surface area is 108 Å². The van der Waals surface area contributed by atoms with E-state index in [1.165, 1.54) is 0 Å². The molecule has 0 spiro atoms. The predicted molar refractivity (Wildman–Crippen MR) is 61.7 cm³/mol. The van der Waals surface area contributed by atoms with Gasteiger partial charge in [0.2, 0.25) is 0 Å². The summed E-state index contributed by atoms with van der Waals surface area (Å²) in [7, 11) is 1.15. The van der Waals surface area contributed by atoms with Gasteiger partial charge in [0, 0.05) is 32.9 Å². The number of aromatic nitrogens is 2. The maximum atomic E-state index is 12.5. The van der Waals surface area contributed by atoms with E-state index >= 15 is 0 Å². The fourth-order valence-electron chi connectivity index (χ4n) is 1.45. The van der Waals surface area contributed by atoms with Crippen LogP contribution in [0.5, 0.6) is 0 Å². The first-order chi connectivity index (χ1) is 8.86. The van der Waals surface area contributed by atoms with Gasteiger partial charge in [-0.3, -0.25) is 9.48 Å². The third kappa shape index (κ3) is 4.55. The number of hydrogen-bond acceptors (Lipinski definition) is 3. The number of nitrogens with zero attached hydrogens (tertiary/aromatic N) is 2. The van der Waals surface area contributed by atoms with Crippen LogP contribution in [0.2, 0.25) is 0 Å². The number of rotatable bonds is 6. The number of aryl methyl sites for hydroxylation is 1. The van der Waals surface area contributed by atoms with Crippen LogP contribution >= 0.6 is 0 Å². The number of nitrogens with one attached hydrogen (secondary N) is 1. The van der Waals surface area contributed by atoms with Crippen molar-refractivity contribution < 1.29 is 22.7 Å². The first-order valence-corrected chi connectivity index (χ1v) is 5.83. The van der Waals surface area contributed by atoms with Crippen LogP contribution in [0.1, 0.15) is 29.5 Å². The van der Waals surface area contributed by atoms with Gasteiger partial charge in [0.05, 0.1) is 0 Å². The molecule has 1 amide bonds. The molecular weight excluding hydrogens is 263 g/mol. The third-order valence-electron chi connectivity index (χ3n) is 2.36. The summed E-state index contributed by atoms with van der Waals surface area (Å²) in [6, 6.07) is 0.734. The molecule has 0 aliphatic rings. The molecular formula is C11H16F3N3O2. The summed E-state index contributed by atoms with van der Waals surface area (Å²) < 4.78 is 43.2. The van der Waals surface area contributed by atoms with Crippen molar-refractivity contribution in [2.75, 3.05) is 19.8 Å². The standard InChI is InChI=1S/C11H16F3N3O2/c1-3-19-6-4-5-15-10(18)8-7-9(11(12,13)14)17(2)16-8/h7H,3-6H2,1-2H3,(H,15,18). The Morgan fingerprint density at radius 2 is 2.21 bits per heavy atom. The van der Waals surface area contributed by atoms with Gasteiger partial charge in [0.25, 0.3) is 5.91 Å². The molecule has 0 radical (unpaired) electrons. The minimum Gasteiger partial charge on any atom is -0.382 e. The minimum absolute atomic E-state index is 0.244. The summed E-state index contributed by atoms with van der Waals surface area (Å²) in [6.45, 7) is 3.26. The summed E-state index contributed by atoms with van der Waals surface area (Å²) in [5, 5.41) is 6.03. The Morgan fingerprint density at radius 1 is 1.53 bits per heavy atom. The molecule has 0 atom stereocenters. The maximum absolute atomic E-state index is 12.5. The molecule has 0 saturated carbocycles. The van der Waals surface area contributed by atoms with E-state index in [0.29, 0.717) is 30.9 Å². The zero-order valence-electron chi connectivity index (χ0n) is 10.8. The van der Waals surface area contributed by atoms with Gasteiger partial charge in [0.1, 0.15) is 5.69 Å². The summed E-state index contributed by atoms with van der Waals surface area (Å²) in [5.41, 5.74) is -1.20. The van der Waals surface area contributed by atoms with Crippen molar-refractivity contribution in [3.05, 3.63) is 17.5 Å². The largest absolute Gasteiger partial charge is 0.433 e. The average molecular weight is 279 g/mol. The van der Waals surface area contributed by atoms with Gasteiger partial charge < -0.3 is 10.1 Å². The van der Waals surface area contributed by atoms with E-state index in [1.807, 2.05) is 6.92 Å². The Balaban J connectivity index is 2.54. The highest BCUT2D eigenvalue weighted by Gasteiger charge is 2.35. The zero-order valence-corrected chi connectivity index (χ0v) is 10.8. The van der Waals surface area contributed by atoms with Crippen LogP contribution in [0, 0.1) is 0 Å². The highest BCUT2D eigenvalue weighted by Crippen LogP contribution is 2.29. The van der Waals surface area contributed by atoms with E-state index in [-0.39, 0.29) is 5.69 Å². The van der Waals surface area contributed by atoms with Crippen molar-refractivity contribution in [1.82, 2.24) is 15.1 Å². The Hall–Kier alpha value is -1.57. The van der Waals surface area contributed by atoms with Gasteiger partial charge in [-0.1, -0.05) is 0 Å². The van der Waals surface area contributed by atoms with Gasteiger partial charge in [-0.2, -0.15) is 18.3 Å². The molecule has 1 rings (SSSR count). The molecule has 0 aliphatic carbocycles. The molecule has 1 aromatic rings. The van der Waals surface area contributed by atoms with E-state index in [9.17, 15) is 18.0 Å². The highest BCUT2D eigenvalue weighted by atomic mass is 19.4. The number of ether oxygens (including phenoxy) is 1. The quantitative estimate of drug-likeness (QED) is 0.805. The molecule has 19 heavy (non-hydrogen) atoms. The van der Waals surface area contributed by atoms with Crippen molar-refractivity contribution in [1.29, 1.82) is 0 Å². The minimum atomic E-state index is -4.52. The third-order valence-corrected chi connectivity index (χ3v) is 2.36. The normalized spacial score (nSPS) is 11.6. The molecule has 1 aromatic heterocycles. The second-order valence-electron chi connectivity index (χ2n) is 3.84. The van der Waals surface area contributed by atoms with Gasteiger partial charge in [-0.05, 0) is 13.3 Å². The van der Waals surface area contributed by atoms with Crippen LogP contribution in [0.15, 0.2) is 6.07 Å². The molecule has 0 unspecified atom stereocenters. The summed E-state index contributed by atoms with van der Waals surface area (Å²) in [6.07, 6.45) is -3.92. The molecule has 0 aliphatic heterocycles. The summed E-state index contributed by atoms with van der Waals surface area (Å²) >= 11 is 0. The summed E-state index contributed by atoms with van der Waals surface area (Å²) in [5.74, 6) is -0.623. The van der Waals surface area contributed by atoms with Crippen LogP contribution in [0.3, 0.4) is 0 Å². The van der Waals surface area contributed by atoms with Gasteiger partial charge in [0.15, 0.2) is 5.69 Å². The van der Waals surface area contributed by atoms with Crippen molar-refractivity contribution in [2.24, 2.45) is 7.05 Å². The lowest BCUT2D eigenvalue weighted by molar-refractivity contribution is -0.143. The van der Waals surface area contributed by atoms with Crippen molar-refractivity contribution in [2.45, 2.75) is 19.5 Å². The molecule has 0 saturated heterocycles. The SMILES string of the molecule is CCOCCCNC(=O)c1cc(C(F)(F)F)n(C)n1. The molecule has 0 bridgehead atoms. The molecule has 8 heteroatoms. The number of hydrogen-bond donors (Lipinski definition) is 1. The van der Waals surface area contributed by atoms with Crippen LogP contribution in [0.4, 0.5) is 13.2 Å². The smallest absolute Gasteiger partial charge is 0.382 e. The van der Waals surface area contributed by atoms with Crippen molar-refractivity contribution in [3.8, 4) is 0 Å². The number of halogens is 3. The predicted octanol–water partition coefficient (Wildman–Crippen LogP) is 1.60. The van der Waals surface area contributed by atoms with E-state index < -0.39 is 17.8 Å². The van der Waals surface area contributed by atoms with Crippen molar-refractivity contribution >= 4 is 5.91 Å². The molecule has 1 N–H and O–H groups in total. The lowest BCUT2D eigenvalue weighted by atomic mass is 10.3. The lowest BCUT2D eigenvalue weighted by Gasteiger charge is -2.04.